The van der Waals surface area contributed by atoms with Gasteiger partial charge < -0.3 is 20.4 Å². The first-order valence-electron chi connectivity index (χ1n) is 11.5. The Labute approximate surface area is 171 Å². The number of hydrogen-bond donors (Lipinski definition) is 2. The minimum Gasteiger partial charge on any atom is -0.338 e. The van der Waals surface area contributed by atoms with Crippen molar-refractivity contribution < 1.29 is 9.59 Å². The van der Waals surface area contributed by atoms with Gasteiger partial charge in [0.2, 0.25) is 0 Å². The molecule has 2 aliphatic heterocycles. The number of piperidine rings is 2. The van der Waals surface area contributed by atoms with Crippen LogP contribution in [0.25, 0.3) is 0 Å². The zero-order chi connectivity index (χ0) is 20.5. The number of carbonyl (C=O) groups excluding carboxylic acids is 2. The number of amides is 4. The summed E-state index contributed by atoms with van der Waals surface area (Å²) in [4.78, 5) is 28.8. The van der Waals surface area contributed by atoms with E-state index in [0.29, 0.717) is 24.2 Å². The number of rotatable bonds is 7. The number of nitrogens with one attached hydrogen (secondary N) is 2. The molecule has 0 unspecified atom stereocenters. The summed E-state index contributed by atoms with van der Waals surface area (Å²) in [6.45, 7) is 10.1. The third-order valence-electron chi connectivity index (χ3n) is 6.51. The van der Waals surface area contributed by atoms with Gasteiger partial charge in [-0.2, -0.15) is 0 Å². The highest BCUT2D eigenvalue weighted by Gasteiger charge is 2.29. The molecule has 6 nitrogen and oxygen atoms in total. The molecule has 0 spiro atoms. The van der Waals surface area contributed by atoms with Gasteiger partial charge in [0.25, 0.3) is 0 Å². The van der Waals surface area contributed by atoms with Gasteiger partial charge in [0.15, 0.2) is 0 Å². The van der Waals surface area contributed by atoms with E-state index < -0.39 is 0 Å². The molecule has 2 aliphatic rings. The van der Waals surface area contributed by atoms with E-state index in [1.54, 1.807) is 0 Å². The van der Waals surface area contributed by atoms with Crippen LogP contribution >= 0.6 is 0 Å². The highest BCUT2D eigenvalue weighted by molar-refractivity contribution is 5.75. The Morgan fingerprint density at radius 1 is 0.643 bits per heavy atom. The maximum Gasteiger partial charge on any atom is 0.317 e. The van der Waals surface area contributed by atoms with Crippen molar-refractivity contribution >= 4 is 12.1 Å². The van der Waals surface area contributed by atoms with E-state index in [1.165, 1.54) is 12.8 Å². The molecule has 2 fully saturated rings. The second-order valence-electron chi connectivity index (χ2n) is 8.95. The molecular formula is C22H42N4O2. The average Bonchev–Trinajstić information content (AvgIpc) is 2.63. The van der Waals surface area contributed by atoms with Crippen molar-refractivity contribution in [2.45, 2.75) is 116 Å². The Morgan fingerprint density at radius 3 is 1.29 bits per heavy atom. The number of nitrogens with zero attached hydrogens (tertiary/aromatic N) is 2. The maximum atomic E-state index is 12.4. The molecule has 4 atom stereocenters. The van der Waals surface area contributed by atoms with Crippen LogP contribution in [0.5, 0.6) is 0 Å². The standard InChI is InChI=1S/C22H42N4O2/c1-17-11-9-12-18(2)25(17)21(27)23-15-7-5-6-8-16-24-22(28)26-19(3)13-10-14-20(26)4/h17-20H,5-16H2,1-4H3,(H,23,27)(H,24,28)/t17-,18-,19-,20+/m0/s1. The van der Waals surface area contributed by atoms with Crippen LogP contribution in [0.15, 0.2) is 0 Å². The van der Waals surface area contributed by atoms with Crippen LogP contribution in [0.4, 0.5) is 9.59 Å². The Balaban J connectivity index is 1.51. The number of likely N-dealkylation sites (tertiary alicyclic amines) is 2. The number of hydrogen-bond acceptors (Lipinski definition) is 2. The highest BCUT2D eigenvalue weighted by Crippen LogP contribution is 2.23. The minimum atomic E-state index is 0.0942. The van der Waals surface area contributed by atoms with Crippen molar-refractivity contribution in [3.63, 3.8) is 0 Å². The molecule has 162 valence electrons. The van der Waals surface area contributed by atoms with Crippen molar-refractivity contribution in [2.75, 3.05) is 13.1 Å². The fourth-order valence-corrected chi connectivity index (χ4v) is 4.82. The molecule has 6 heteroatoms. The van der Waals surface area contributed by atoms with Crippen molar-refractivity contribution in [3.05, 3.63) is 0 Å². The largest absolute Gasteiger partial charge is 0.338 e. The molecule has 0 aromatic rings. The van der Waals surface area contributed by atoms with Crippen LogP contribution in [0.2, 0.25) is 0 Å². The van der Waals surface area contributed by atoms with Crippen LogP contribution in [-0.2, 0) is 0 Å². The van der Waals surface area contributed by atoms with Crippen molar-refractivity contribution in [1.29, 1.82) is 0 Å². The molecule has 0 radical (unpaired) electrons. The van der Waals surface area contributed by atoms with Crippen molar-refractivity contribution in [1.82, 2.24) is 20.4 Å². The topological polar surface area (TPSA) is 64.7 Å². The second kappa shape index (κ2) is 11.5. The van der Waals surface area contributed by atoms with Gasteiger partial charge in [0, 0.05) is 37.3 Å². The van der Waals surface area contributed by atoms with Gasteiger partial charge >= 0.3 is 12.1 Å². The summed E-state index contributed by atoms with van der Waals surface area (Å²) in [6.07, 6.45) is 11.0. The first-order valence-corrected chi connectivity index (χ1v) is 11.5. The third-order valence-corrected chi connectivity index (χ3v) is 6.51. The van der Waals surface area contributed by atoms with Crippen LogP contribution in [-0.4, -0.2) is 59.1 Å². The Hall–Kier alpha value is -1.46. The van der Waals surface area contributed by atoms with Crippen LogP contribution in [0.1, 0.15) is 91.9 Å². The number of unbranched alkanes of at least 4 members (excludes halogenated alkanes) is 3. The van der Waals surface area contributed by atoms with E-state index in [9.17, 15) is 9.59 Å². The minimum absolute atomic E-state index is 0.0942. The predicted molar refractivity (Wildman–Crippen MR) is 114 cm³/mol. The van der Waals surface area contributed by atoms with Gasteiger partial charge in [0.05, 0.1) is 0 Å². The highest BCUT2D eigenvalue weighted by atomic mass is 16.2. The van der Waals surface area contributed by atoms with E-state index in [2.05, 4.69) is 38.3 Å². The fraction of sp³-hybridized carbons (Fsp3) is 0.909. The van der Waals surface area contributed by atoms with E-state index in [0.717, 1.165) is 64.5 Å². The summed E-state index contributed by atoms with van der Waals surface area (Å²) >= 11 is 0. The third kappa shape index (κ3) is 6.56. The smallest absolute Gasteiger partial charge is 0.317 e. The van der Waals surface area contributed by atoms with E-state index >= 15 is 0 Å². The van der Waals surface area contributed by atoms with Gasteiger partial charge in [-0.15, -0.1) is 0 Å². The Kier molecular flexibility index (Phi) is 9.39. The van der Waals surface area contributed by atoms with Gasteiger partial charge in [-0.05, 0) is 79.1 Å². The number of carbonyl (C=O) groups is 2. The van der Waals surface area contributed by atoms with Crippen molar-refractivity contribution in [3.8, 4) is 0 Å². The first-order chi connectivity index (χ1) is 13.4. The lowest BCUT2D eigenvalue weighted by atomic mass is 9.98. The summed E-state index contributed by atoms with van der Waals surface area (Å²) in [5.41, 5.74) is 0. The molecule has 2 rings (SSSR count). The zero-order valence-electron chi connectivity index (χ0n) is 18.5. The lowest BCUT2D eigenvalue weighted by Crippen LogP contribution is -2.52. The summed E-state index contributed by atoms with van der Waals surface area (Å²) in [5.74, 6) is 0. The Morgan fingerprint density at radius 2 is 0.964 bits per heavy atom. The molecule has 2 heterocycles. The van der Waals surface area contributed by atoms with Crippen LogP contribution in [0, 0.1) is 0 Å². The lowest BCUT2D eigenvalue weighted by molar-refractivity contribution is 0.122. The summed E-state index contributed by atoms with van der Waals surface area (Å²) in [5, 5.41) is 6.17. The summed E-state index contributed by atoms with van der Waals surface area (Å²) in [7, 11) is 0. The molecule has 0 aromatic heterocycles. The second-order valence-corrected chi connectivity index (χ2v) is 8.95. The van der Waals surface area contributed by atoms with E-state index in [-0.39, 0.29) is 12.1 Å². The molecule has 2 saturated heterocycles. The molecule has 0 bridgehead atoms. The van der Waals surface area contributed by atoms with Crippen LogP contribution < -0.4 is 10.6 Å². The normalized spacial score (nSPS) is 28.1. The Bertz CT molecular complexity index is 435. The molecule has 0 saturated carbocycles. The number of urea groups is 2. The summed E-state index contributed by atoms with van der Waals surface area (Å²) in [6, 6.07) is 1.57. The molecule has 2 N–H and O–H groups in total. The molecule has 4 amide bonds. The molecule has 0 aliphatic carbocycles. The molecule has 0 aromatic carbocycles. The van der Waals surface area contributed by atoms with Crippen LogP contribution in [0.3, 0.4) is 0 Å². The predicted octanol–water partition coefficient (Wildman–Crippen LogP) is 4.49. The summed E-state index contributed by atoms with van der Waals surface area (Å²) < 4.78 is 0. The molecule has 28 heavy (non-hydrogen) atoms. The van der Waals surface area contributed by atoms with E-state index in [1.807, 2.05) is 9.80 Å². The lowest BCUT2D eigenvalue weighted by Gasteiger charge is -2.39. The van der Waals surface area contributed by atoms with Gasteiger partial charge in [-0.3, -0.25) is 0 Å². The SMILES string of the molecule is C[C@@H]1CCC[C@H](C)N1C(=O)NCCCCCCNC(=O)N1[C@@H](C)CCC[C@@H]1C. The first kappa shape index (κ1) is 22.8. The molecular weight excluding hydrogens is 352 g/mol. The monoisotopic (exact) mass is 394 g/mol. The van der Waals surface area contributed by atoms with Crippen molar-refractivity contribution in [2.24, 2.45) is 0 Å². The van der Waals surface area contributed by atoms with Gasteiger partial charge in [-0.25, -0.2) is 9.59 Å². The van der Waals surface area contributed by atoms with Gasteiger partial charge in [-0.1, -0.05) is 12.8 Å². The van der Waals surface area contributed by atoms with E-state index in [4.69, 9.17) is 0 Å². The maximum absolute atomic E-state index is 12.4. The fourth-order valence-electron chi connectivity index (χ4n) is 4.82. The zero-order valence-corrected chi connectivity index (χ0v) is 18.5. The average molecular weight is 395 g/mol. The van der Waals surface area contributed by atoms with Gasteiger partial charge in [0.1, 0.15) is 0 Å². The quantitative estimate of drug-likeness (QED) is 0.625.